The molecule has 1 atom stereocenters. The van der Waals surface area contributed by atoms with Gasteiger partial charge in [0, 0.05) is 43.6 Å². The van der Waals surface area contributed by atoms with Crippen molar-refractivity contribution < 1.29 is 13.9 Å². The number of imidazole rings is 1. The molecule has 0 radical (unpaired) electrons. The lowest BCUT2D eigenvalue weighted by Gasteiger charge is -2.32. The SMILES string of the molecule is COc1cccc(CN2CCO[C@H](c3ncc(CN(C)C)[nH]3)C2)c1F. The number of hydrogen-bond acceptors (Lipinski definition) is 5. The monoisotopic (exact) mass is 348 g/mol. The first kappa shape index (κ1) is 17.8. The van der Waals surface area contributed by atoms with Crippen molar-refractivity contribution in [3.8, 4) is 5.75 Å². The molecule has 136 valence electrons. The van der Waals surface area contributed by atoms with Crippen molar-refractivity contribution in [3.63, 3.8) is 0 Å². The third kappa shape index (κ3) is 4.36. The fourth-order valence-electron chi connectivity index (χ4n) is 3.05. The quantitative estimate of drug-likeness (QED) is 0.867. The fraction of sp³-hybridized carbons (Fsp3) is 0.500. The molecule has 1 aliphatic rings. The Balaban J connectivity index is 1.66. The van der Waals surface area contributed by atoms with Gasteiger partial charge in [0.1, 0.15) is 11.9 Å². The van der Waals surface area contributed by atoms with Crippen molar-refractivity contribution in [1.82, 2.24) is 19.8 Å². The first-order chi connectivity index (χ1) is 12.1. The smallest absolute Gasteiger partial charge is 0.169 e. The Bertz CT molecular complexity index is 704. The van der Waals surface area contributed by atoms with E-state index in [1.165, 1.54) is 7.11 Å². The average Bonchev–Trinajstić information content (AvgIpc) is 3.05. The van der Waals surface area contributed by atoms with Crippen LogP contribution in [0.1, 0.15) is 23.2 Å². The van der Waals surface area contributed by atoms with Gasteiger partial charge < -0.3 is 19.4 Å². The Morgan fingerprint density at radius 2 is 2.28 bits per heavy atom. The molecule has 0 saturated carbocycles. The average molecular weight is 348 g/mol. The lowest BCUT2D eigenvalue weighted by atomic mass is 10.1. The van der Waals surface area contributed by atoms with Crippen molar-refractivity contribution in [1.29, 1.82) is 0 Å². The van der Waals surface area contributed by atoms with Crippen LogP contribution in [0.4, 0.5) is 4.39 Å². The largest absolute Gasteiger partial charge is 0.494 e. The van der Waals surface area contributed by atoms with Crippen molar-refractivity contribution in [3.05, 3.63) is 47.3 Å². The van der Waals surface area contributed by atoms with Crippen molar-refractivity contribution in [2.75, 3.05) is 40.9 Å². The Labute approximate surface area is 147 Å². The number of rotatable bonds is 6. The van der Waals surface area contributed by atoms with Gasteiger partial charge in [0.05, 0.1) is 13.7 Å². The van der Waals surface area contributed by atoms with E-state index in [2.05, 4.69) is 19.8 Å². The molecular weight excluding hydrogens is 323 g/mol. The second-order valence-electron chi connectivity index (χ2n) is 6.56. The fourth-order valence-corrected chi connectivity index (χ4v) is 3.05. The molecule has 1 aromatic heterocycles. The molecule has 0 amide bonds. The number of nitrogens with zero attached hydrogens (tertiary/aromatic N) is 3. The summed E-state index contributed by atoms with van der Waals surface area (Å²) in [6, 6.07) is 5.25. The number of benzene rings is 1. The second-order valence-corrected chi connectivity index (χ2v) is 6.56. The molecule has 0 aliphatic carbocycles. The summed E-state index contributed by atoms with van der Waals surface area (Å²) < 4.78 is 25.3. The third-order valence-corrected chi connectivity index (χ3v) is 4.25. The maximum absolute atomic E-state index is 14.4. The number of aromatic nitrogens is 2. The summed E-state index contributed by atoms with van der Waals surface area (Å²) in [6.45, 7) is 3.36. The Kier molecular flexibility index (Phi) is 5.67. The highest BCUT2D eigenvalue weighted by Crippen LogP contribution is 2.25. The van der Waals surface area contributed by atoms with Gasteiger partial charge in [-0.2, -0.15) is 0 Å². The molecule has 1 fully saturated rings. The summed E-state index contributed by atoms with van der Waals surface area (Å²) in [7, 11) is 5.51. The second kappa shape index (κ2) is 7.95. The number of methoxy groups -OCH3 is 1. The van der Waals surface area contributed by atoms with Crippen molar-refractivity contribution in [2.24, 2.45) is 0 Å². The lowest BCUT2D eigenvalue weighted by molar-refractivity contribution is -0.0372. The highest BCUT2D eigenvalue weighted by molar-refractivity contribution is 5.31. The molecule has 2 heterocycles. The van der Waals surface area contributed by atoms with Gasteiger partial charge in [-0.1, -0.05) is 12.1 Å². The molecule has 1 aliphatic heterocycles. The number of nitrogens with one attached hydrogen (secondary N) is 1. The predicted molar refractivity (Wildman–Crippen MR) is 92.9 cm³/mol. The zero-order chi connectivity index (χ0) is 17.8. The summed E-state index contributed by atoms with van der Waals surface area (Å²) in [5.41, 5.74) is 1.69. The first-order valence-electron chi connectivity index (χ1n) is 8.40. The summed E-state index contributed by atoms with van der Waals surface area (Å²) in [4.78, 5) is 12.0. The van der Waals surface area contributed by atoms with Crippen molar-refractivity contribution in [2.45, 2.75) is 19.2 Å². The maximum Gasteiger partial charge on any atom is 0.169 e. The number of H-pyrrole nitrogens is 1. The Morgan fingerprint density at radius 1 is 1.44 bits per heavy atom. The summed E-state index contributed by atoms with van der Waals surface area (Å²) in [5.74, 6) is 0.814. The van der Waals surface area contributed by atoms with Crippen LogP contribution in [0.2, 0.25) is 0 Å². The van der Waals surface area contributed by atoms with Gasteiger partial charge in [0.2, 0.25) is 0 Å². The lowest BCUT2D eigenvalue weighted by Crippen LogP contribution is -2.38. The van der Waals surface area contributed by atoms with E-state index in [0.717, 1.165) is 24.6 Å². The highest BCUT2D eigenvalue weighted by Gasteiger charge is 2.25. The minimum absolute atomic E-state index is 0.127. The van der Waals surface area contributed by atoms with Crippen LogP contribution in [0, 0.1) is 5.82 Å². The van der Waals surface area contributed by atoms with E-state index in [1.54, 1.807) is 12.1 Å². The van der Waals surface area contributed by atoms with Crippen LogP contribution < -0.4 is 4.74 Å². The molecule has 0 unspecified atom stereocenters. The molecule has 1 aromatic carbocycles. The van der Waals surface area contributed by atoms with Crippen LogP contribution in [-0.2, 0) is 17.8 Å². The van der Waals surface area contributed by atoms with E-state index < -0.39 is 0 Å². The summed E-state index contributed by atoms with van der Waals surface area (Å²) in [5, 5.41) is 0. The minimum atomic E-state index is -0.292. The molecule has 25 heavy (non-hydrogen) atoms. The third-order valence-electron chi connectivity index (χ3n) is 4.25. The zero-order valence-electron chi connectivity index (χ0n) is 15.0. The van der Waals surface area contributed by atoms with Gasteiger partial charge >= 0.3 is 0 Å². The van der Waals surface area contributed by atoms with Crippen LogP contribution in [0.25, 0.3) is 0 Å². The van der Waals surface area contributed by atoms with E-state index in [-0.39, 0.29) is 17.7 Å². The standard InChI is InChI=1S/C18H25FN4O2/c1-22(2)11-14-9-20-18(21-14)16-12-23(7-8-25-16)10-13-5-4-6-15(24-3)17(13)19/h4-6,9,16H,7-8,10-12H2,1-3H3,(H,20,21)/t16-/m0/s1. The summed E-state index contributed by atoms with van der Waals surface area (Å²) in [6.07, 6.45) is 1.72. The van der Waals surface area contributed by atoms with Gasteiger partial charge in [0.15, 0.2) is 11.6 Å². The molecule has 7 heteroatoms. The molecule has 0 spiro atoms. The summed E-state index contributed by atoms with van der Waals surface area (Å²) >= 11 is 0. The molecule has 6 nitrogen and oxygen atoms in total. The number of ether oxygens (including phenoxy) is 2. The molecule has 2 aromatic rings. The van der Waals surface area contributed by atoms with Crippen LogP contribution in [0.5, 0.6) is 5.75 Å². The van der Waals surface area contributed by atoms with Crippen LogP contribution in [-0.4, -0.2) is 60.7 Å². The zero-order valence-corrected chi connectivity index (χ0v) is 15.0. The molecule has 0 bridgehead atoms. The number of morpholine rings is 1. The number of aromatic amines is 1. The predicted octanol–water partition coefficient (Wildman–Crippen LogP) is 2.19. The molecule has 3 rings (SSSR count). The van der Waals surface area contributed by atoms with Gasteiger partial charge in [-0.25, -0.2) is 9.37 Å². The molecule has 1 saturated heterocycles. The van der Waals surface area contributed by atoms with Gasteiger partial charge in [-0.15, -0.1) is 0 Å². The molecule has 1 N–H and O–H groups in total. The van der Waals surface area contributed by atoms with E-state index in [9.17, 15) is 4.39 Å². The minimum Gasteiger partial charge on any atom is -0.494 e. The van der Waals surface area contributed by atoms with Crippen LogP contribution >= 0.6 is 0 Å². The number of hydrogen-bond donors (Lipinski definition) is 1. The normalized spacial score (nSPS) is 18.7. The van der Waals surface area contributed by atoms with E-state index in [1.807, 2.05) is 26.4 Å². The Morgan fingerprint density at radius 3 is 3.04 bits per heavy atom. The van der Waals surface area contributed by atoms with Gasteiger partial charge in [-0.3, -0.25) is 4.90 Å². The first-order valence-corrected chi connectivity index (χ1v) is 8.40. The van der Waals surface area contributed by atoms with Gasteiger partial charge in [0.25, 0.3) is 0 Å². The van der Waals surface area contributed by atoms with Crippen molar-refractivity contribution >= 4 is 0 Å². The van der Waals surface area contributed by atoms with Crippen LogP contribution in [0.15, 0.2) is 24.4 Å². The van der Waals surface area contributed by atoms with E-state index >= 15 is 0 Å². The highest BCUT2D eigenvalue weighted by atomic mass is 19.1. The Hall–Kier alpha value is -1.96. The van der Waals surface area contributed by atoms with Crippen LogP contribution in [0.3, 0.4) is 0 Å². The maximum atomic E-state index is 14.4. The van der Waals surface area contributed by atoms with Gasteiger partial charge in [-0.05, 0) is 20.2 Å². The topological polar surface area (TPSA) is 53.6 Å². The van der Waals surface area contributed by atoms with E-state index in [0.29, 0.717) is 25.3 Å². The number of halogens is 1. The van der Waals surface area contributed by atoms with E-state index in [4.69, 9.17) is 9.47 Å². The molecular formula is C18H25FN4O2.